The van der Waals surface area contributed by atoms with Crippen LogP contribution in [0.4, 0.5) is 0 Å². The Kier molecular flexibility index (Phi) is 6.24. The molecule has 32 heavy (non-hydrogen) atoms. The van der Waals surface area contributed by atoms with Gasteiger partial charge in [0.2, 0.25) is 5.69 Å². The summed E-state index contributed by atoms with van der Waals surface area (Å²) in [6.45, 7) is 5.97. The van der Waals surface area contributed by atoms with Gasteiger partial charge in [-0.3, -0.25) is 14.7 Å². The molecule has 1 amide bonds. The molecule has 172 valence electrons. The number of methoxy groups -OCH3 is 1. The normalized spacial score (nSPS) is 25.2. The van der Waals surface area contributed by atoms with E-state index in [2.05, 4.69) is 11.5 Å². The van der Waals surface area contributed by atoms with Crippen molar-refractivity contribution in [1.29, 1.82) is 0 Å². The lowest BCUT2D eigenvalue weighted by Gasteiger charge is -2.29. The first-order valence-corrected chi connectivity index (χ1v) is 11.4. The third-order valence-corrected chi connectivity index (χ3v) is 6.75. The SMILES string of the molecule is COC1=Cc2nn(C3CCC(O)CC3)cc2C(C)C1NC(=O)c1cccc(C(C)C)[n+]1O. The molecule has 0 spiro atoms. The van der Waals surface area contributed by atoms with Crippen molar-refractivity contribution in [3.8, 4) is 0 Å². The lowest BCUT2D eigenvalue weighted by Crippen LogP contribution is -2.49. The fraction of sp³-hybridized carbons (Fsp3) is 0.542. The molecule has 2 atom stereocenters. The molecule has 0 saturated heterocycles. The number of aliphatic hydroxyl groups excluding tert-OH is 1. The number of aromatic nitrogens is 3. The van der Waals surface area contributed by atoms with E-state index in [0.717, 1.165) is 41.7 Å². The maximum Gasteiger partial charge on any atom is 0.321 e. The van der Waals surface area contributed by atoms with Gasteiger partial charge in [0.05, 0.1) is 31.0 Å². The lowest BCUT2D eigenvalue weighted by molar-refractivity contribution is -0.911. The quantitative estimate of drug-likeness (QED) is 0.489. The van der Waals surface area contributed by atoms with Crippen molar-refractivity contribution in [2.45, 2.75) is 76.5 Å². The zero-order valence-corrected chi connectivity index (χ0v) is 19.2. The van der Waals surface area contributed by atoms with E-state index in [4.69, 9.17) is 9.84 Å². The zero-order chi connectivity index (χ0) is 23.0. The molecular formula is C24H33N4O4+. The van der Waals surface area contributed by atoms with E-state index in [1.807, 2.05) is 31.5 Å². The van der Waals surface area contributed by atoms with Gasteiger partial charge in [0.15, 0.2) is 0 Å². The van der Waals surface area contributed by atoms with Gasteiger partial charge in [0, 0.05) is 46.5 Å². The van der Waals surface area contributed by atoms with E-state index >= 15 is 0 Å². The molecule has 0 aromatic carbocycles. The number of carbonyl (C=O) groups excluding carboxylic acids is 1. The number of nitrogens with zero attached hydrogens (tertiary/aromatic N) is 3. The first-order valence-electron chi connectivity index (χ1n) is 11.4. The van der Waals surface area contributed by atoms with Crippen LogP contribution in [-0.4, -0.2) is 45.3 Å². The van der Waals surface area contributed by atoms with Crippen LogP contribution in [-0.2, 0) is 4.74 Å². The summed E-state index contributed by atoms with van der Waals surface area (Å²) in [7, 11) is 1.59. The average molecular weight is 442 g/mol. The number of carbonyl (C=O) groups is 1. The lowest BCUT2D eigenvalue weighted by atomic mass is 9.87. The molecule has 1 fully saturated rings. The smallest absolute Gasteiger partial charge is 0.321 e. The van der Waals surface area contributed by atoms with Crippen molar-refractivity contribution in [3.05, 3.63) is 52.8 Å². The van der Waals surface area contributed by atoms with E-state index in [-0.39, 0.29) is 41.6 Å². The molecule has 0 radical (unpaired) electrons. The highest BCUT2D eigenvalue weighted by Gasteiger charge is 2.36. The number of hydrogen-bond acceptors (Lipinski definition) is 5. The molecule has 2 aliphatic rings. The van der Waals surface area contributed by atoms with Gasteiger partial charge in [0.25, 0.3) is 0 Å². The Labute approximate surface area is 188 Å². The number of aliphatic hydroxyl groups is 1. The second kappa shape index (κ2) is 8.94. The molecular weight excluding hydrogens is 408 g/mol. The molecule has 2 aromatic heterocycles. The van der Waals surface area contributed by atoms with Crippen LogP contribution in [0.2, 0.25) is 0 Å². The van der Waals surface area contributed by atoms with Gasteiger partial charge in [0.1, 0.15) is 5.76 Å². The molecule has 2 unspecified atom stereocenters. The Morgan fingerprint density at radius 3 is 2.66 bits per heavy atom. The van der Waals surface area contributed by atoms with Gasteiger partial charge in [-0.1, -0.05) is 20.8 Å². The predicted octanol–water partition coefficient (Wildman–Crippen LogP) is 2.91. The number of fused-ring (bicyclic) bond motifs is 1. The molecule has 3 N–H and O–H groups in total. The van der Waals surface area contributed by atoms with Gasteiger partial charge >= 0.3 is 11.6 Å². The molecule has 8 heteroatoms. The van der Waals surface area contributed by atoms with Crippen molar-refractivity contribution in [3.63, 3.8) is 0 Å². The van der Waals surface area contributed by atoms with Crippen LogP contribution in [0.15, 0.2) is 30.2 Å². The van der Waals surface area contributed by atoms with E-state index < -0.39 is 0 Å². The first kappa shape index (κ1) is 22.3. The van der Waals surface area contributed by atoms with Gasteiger partial charge in [-0.05, 0) is 31.7 Å². The van der Waals surface area contributed by atoms with Crippen LogP contribution in [0.25, 0.3) is 6.08 Å². The fourth-order valence-corrected chi connectivity index (χ4v) is 4.77. The second-order valence-electron chi connectivity index (χ2n) is 9.21. The van der Waals surface area contributed by atoms with Crippen LogP contribution < -0.4 is 10.0 Å². The van der Waals surface area contributed by atoms with Crippen molar-refractivity contribution in [2.75, 3.05) is 7.11 Å². The summed E-state index contributed by atoms with van der Waals surface area (Å²) in [6, 6.07) is 5.07. The highest BCUT2D eigenvalue weighted by molar-refractivity contribution is 5.91. The van der Waals surface area contributed by atoms with Crippen molar-refractivity contribution in [2.24, 2.45) is 0 Å². The molecule has 2 aromatic rings. The summed E-state index contributed by atoms with van der Waals surface area (Å²) >= 11 is 0. The van der Waals surface area contributed by atoms with E-state index in [1.165, 1.54) is 0 Å². The maximum atomic E-state index is 13.1. The fourth-order valence-electron chi connectivity index (χ4n) is 4.77. The number of rotatable bonds is 5. The largest absolute Gasteiger partial charge is 0.499 e. The minimum atomic E-state index is -0.381. The molecule has 2 aliphatic carbocycles. The number of amides is 1. The van der Waals surface area contributed by atoms with Gasteiger partial charge in [-0.25, -0.2) is 0 Å². The molecule has 0 aliphatic heterocycles. The first-order chi connectivity index (χ1) is 15.3. The number of nitrogens with one attached hydrogen (secondary N) is 1. The van der Waals surface area contributed by atoms with Crippen molar-refractivity contribution < 1.29 is 24.6 Å². The Morgan fingerprint density at radius 1 is 1.28 bits per heavy atom. The van der Waals surface area contributed by atoms with E-state index in [1.54, 1.807) is 25.3 Å². The van der Waals surface area contributed by atoms with Crippen LogP contribution >= 0.6 is 0 Å². The average Bonchev–Trinajstić information content (AvgIpc) is 3.20. The maximum absolute atomic E-state index is 13.1. The number of ether oxygens (including phenoxy) is 1. The number of pyridine rings is 1. The standard InChI is InChI=1S/C24H32N4O4/c1-14(2)20-6-5-7-21(28(20)31)24(30)25-23-15(3)18-13-27(16-8-10-17(29)11-9-16)26-19(18)12-22(23)32-4/h5-7,12-17,23,29H,8-11H2,1-4H3,(H-,25,30,31)/p+1. The van der Waals surface area contributed by atoms with E-state index in [0.29, 0.717) is 11.5 Å². The summed E-state index contributed by atoms with van der Waals surface area (Å²) < 4.78 is 8.60. The van der Waals surface area contributed by atoms with Crippen LogP contribution in [0, 0.1) is 0 Å². The van der Waals surface area contributed by atoms with Gasteiger partial charge in [-0.2, -0.15) is 5.10 Å². The van der Waals surface area contributed by atoms with Gasteiger partial charge < -0.3 is 15.2 Å². The minimum Gasteiger partial charge on any atom is -0.499 e. The summed E-state index contributed by atoms with van der Waals surface area (Å²) in [5.41, 5.74) is 2.75. The van der Waals surface area contributed by atoms with Crippen molar-refractivity contribution >= 4 is 12.0 Å². The summed E-state index contributed by atoms with van der Waals surface area (Å²) in [5, 5.41) is 28.2. The van der Waals surface area contributed by atoms with Crippen LogP contribution in [0.3, 0.4) is 0 Å². The van der Waals surface area contributed by atoms with Crippen molar-refractivity contribution in [1.82, 2.24) is 15.1 Å². The predicted molar refractivity (Wildman–Crippen MR) is 118 cm³/mol. The van der Waals surface area contributed by atoms with Gasteiger partial charge in [-0.15, -0.1) is 0 Å². The molecule has 2 heterocycles. The Hall–Kier alpha value is -2.87. The number of hydrogen-bond donors (Lipinski definition) is 3. The molecule has 0 bridgehead atoms. The van der Waals surface area contributed by atoms with Crippen LogP contribution in [0.1, 0.15) is 91.8 Å². The summed E-state index contributed by atoms with van der Waals surface area (Å²) in [4.78, 5) is 13.1. The highest BCUT2D eigenvalue weighted by Crippen LogP contribution is 2.36. The minimum absolute atomic E-state index is 0.0581. The summed E-state index contributed by atoms with van der Waals surface area (Å²) in [6.07, 6.45) is 7.12. The Morgan fingerprint density at radius 2 is 2.00 bits per heavy atom. The molecule has 1 saturated carbocycles. The second-order valence-corrected chi connectivity index (χ2v) is 9.21. The Balaban J connectivity index is 1.58. The third kappa shape index (κ3) is 4.11. The van der Waals surface area contributed by atoms with E-state index in [9.17, 15) is 15.1 Å². The molecule has 4 rings (SSSR count). The Bertz CT molecular complexity index is 1020. The molecule has 8 nitrogen and oxygen atoms in total. The zero-order valence-electron chi connectivity index (χ0n) is 19.2. The third-order valence-electron chi connectivity index (χ3n) is 6.75. The van der Waals surface area contributed by atoms with Crippen LogP contribution in [0.5, 0.6) is 0 Å². The topological polar surface area (TPSA) is 100 Å². The highest BCUT2D eigenvalue weighted by atomic mass is 16.5. The monoisotopic (exact) mass is 441 g/mol. The summed E-state index contributed by atoms with van der Waals surface area (Å²) in [5.74, 6) is 0.279.